The summed E-state index contributed by atoms with van der Waals surface area (Å²) in [5.74, 6) is 0.468. The second-order valence-electron chi connectivity index (χ2n) is 10.4. The lowest BCUT2D eigenvalue weighted by atomic mass is 9.59. The zero-order chi connectivity index (χ0) is 21.6. The van der Waals surface area contributed by atoms with Gasteiger partial charge >= 0.3 is 5.97 Å². The molecule has 1 saturated heterocycles. The third-order valence-electron chi connectivity index (χ3n) is 8.03. The maximum Gasteiger partial charge on any atom is 0.310 e. The first-order chi connectivity index (χ1) is 14.5. The average Bonchev–Trinajstić information content (AvgIpc) is 3.01. The molecule has 0 amide bonds. The zero-order valence-corrected chi connectivity index (χ0v) is 20.1. The monoisotopic (exact) mass is 418 g/mol. The van der Waals surface area contributed by atoms with E-state index in [-0.39, 0.29) is 23.4 Å². The molecule has 0 aromatic rings. The summed E-state index contributed by atoms with van der Waals surface area (Å²) in [7, 11) is 0. The number of esters is 1. The third kappa shape index (κ3) is 5.68. The van der Waals surface area contributed by atoms with Crippen molar-refractivity contribution in [2.75, 3.05) is 32.7 Å². The quantitative estimate of drug-likeness (QED) is 0.264. The fourth-order valence-electron chi connectivity index (χ4n) is 6.13. The Balaban J connectivity index is 1.46. The number of nitrogens with zero attached hydrogens (tertiary/aromatic N) is 1. The van der Waals surface area contributed by atoms with E-state index in [0.29, 0.717) is 5.92 Å². The number of ether oxygens (including phenoxy) is 1. The van der Waals surface area contributed by atoms with E-state index in [4.69, 9.17) is 4.74 Å². The van der Waals surface area contributed by atoms with E-state index in [1.165, 1.54) is 64.6 Å². The third-order valence-corrected chi connectivity index (χ3v) is 8.03. The van der Waals surface area contributed by atoms with Crippen LogP contribution in [0, 0.1) is 17.3 Å². The molecule has 2 fully saturated rings. The van der Waals surface area contributed by atoms with E-state index in [9.17, 15) is 4.79 Å². The first kappa shape index (κ1) is 23.8. The Morgan fingerprint density at radius 1 is 1.13 bits per heavy atom. The Kier molecular flexibility index (Phi) is 8.82. The van der Waals surface area contributed by atoms with E-state index in [0.717, 1.165) is 32.4 Å². The predicted octanol–water partition coefficient (Wildman–Crippen LogP) is 5.33. The van der Waals surface area contributed by atoms with E-state index >= 15 is 0 Å². The summed E-state index contributed by atoms with van der Waals surface area (Å²) in [4.78, 5) is 15.3. The van der Waals surface area contributed by atoms with Crippen molar-refractivity contribution in [3.05, 3.63) is 11.1 Å². The van der Waals surface area contributed by atoms with Gasteiger partial charge in [0.15, 0.2) is 0 Å². The van der Waals surface area contributed by atoms with Crippen molar-refractivity contribution in [1.82, 2.24) is 10.2 Å². The molecular formula is C26H46N2O2. The van der Waals surface area contributed by atoms with Crippen molar-refractivity contribution >= 4 is 5.97 Å². The van der Waals surface area contributed by atoms with Crippen molar-refractivity contribution in [2.45, 2.75) is 98.0 Å². The summed E-state index contributed by atoms with van der Waals surface area (Å²) in [6.07, 6.45) is 12.3. The van der Waals surface area contributed by atoms with Crippen molar-refractivity contribution in [1.29, 1.82) is 0 Å². The normalized spacial score (nSPS) is 31.1. The standard InChI is InChI=1S/C26H46N2O2/c1-5-7-14-28(15-8-6-2)16-10-13-27-19-22-21-17-23-20(3)11-9-12-26(23,4)18-24(21)30-25(22)29/h21-22,24,27H,5-19H2,1-4H3/t21-,22-,24+,26-/m0/s1. The number of allylic oxidation sites excluding steroid dienone is 2. The molecule has 0 bridgehead atoms. The van der Waals surface area contributed by atoms with Crippen LogP contribution < -0.4 is 5.32 Å². The first-order valence-corrected chi connectivity index (χ1v) is 12.8. The van der Waals surface area contributed by atoms with Gasteiger partial charge in [-0.25, -0.2) is 0 Å². The molecule has 1 heterocycles. The van der Waals surface area contributed by atoms with Gasteiger partial charge in [-0.3, -0.25) is 4.79 Å². The van der Waals surface area contributed by atoms with Crippen LogP contribution in [0.25, 0.3) is 0 Å². The fraction of sp³-hybridized carbons (Fsp3) is 0.885. The van der Waals surface area contributed by atoms with Gasteiger partial charge < -0.3 is 15.0 Å². The van der Waals surface area contributed by atoms with E-state index in [2.05, 4.69) is 37.9 Å². The Morgan fingerprint density at radius 2 is 1.83 bits per heavy atom. The van der Waals surface area contributed by atoms with Crippen LogP contribution in [0.2, 0.25) is 0 Å². The second-order valence-corrected chi connectivity index (χ2v) is 10.4. The van der Waals surface area contributed by atoms with Crippen LogP contribution in [0.1, 0.15) is 91.9 Å². The van der Waals surface area contributed by atoms with Gasteiger partial charge in [0.25, 0.3) is 0 Å². The van der Waals surface area contributed by atoms with E-state index in [1.807, 2.05) is 0 Å². The number of carbonyl (C=O) groups excluding carboxylic acids is 1. The molecule has 0 spiro atoms. The van der Waals surface area contributed by atoms with Crippen LogP contribution in [0.5, 0.6) is 0 Å². The minimum absolute atomic E-state index is 0.0399. The molecule has 3 rings (SSSR count). The van der Waals surface area contributed by atoms with Gasteiger partial charge in [0.05, 0.1) is 5.92 Å². The van der Waals surface area contributed by atoms with Crippen LogP contribution >= 0.6 is 0 Å². The van der Waals surface area contributed by atoms with Gasteiger partial charge in [-0.05, 0) is 89.9 Å². The Labute approximate surface area is 185 Å². The first-order valence-electron chi connectivity index (χ1n) is 12.8. The lowest BCUT2D eigenvalue weighted by molar-refractivity contribution is -0.145. The number of hydrogen-bond acceptors (Lipinski definition) is 4. The molecule has 4 nitrogen and oxygen atoms in total. The lowest BCUT2D eigenvalue weighted by Crippen LogP contribution is -2.41. The number of rotatable bonds is 12. The van der Waals surface area contributed by atoms with E-state index < -0.39 is 0 Å². The van der Waals surface area contributed by atoms with E-state index in [1.54, 1.807) is 11.1 Å². The highest BCUT2D eigenvalue weighted by Crippen LogP contribution is 2.54. The topological polar surface area (TPSA) is 41.6 Å². The highest BCUT2D eigenvalue weighted by atomic mass is 16.6. The molecule has 1 saturated carbocycles. The number of fused-ring (bicyclic) bond motifs is 2. The zero-order valence-electron chi connectivity index (χ0n) is 20.1. The number of hydrogen-bond donors (Lipinski definition) is 1. The summed E-state index contributed by atoms with van der Waals surface area (Å²) in [5.41, 5.74) is 3.51. The van der Waals surface area contributed by atoms with Gasteiger partial charge in [0, 0.05) is 12.5 Å². The van der Waals surface area contributed by atoms with Crippen molar-refractivity contribution in [2.24, 2.45) is 17.3 Å². The molecule has 1 N–H and O–H groups in total. The van der Waals surface area contributed by atoms with Crippen LogP contribution in [0.4, 0.5) is 0 Å². The van der Waals surface area contributed by atoms with Gasteiger partial charge in [-0.2, -0.15) is 0 Å². The molecule has 0 aromatic carbocycles. The molecule has 0 unspecified atom stereocenters. The summed E-state index contributed by atoms with van der Waals surface area (Å²) in [6.45, 7) is 14.7. The van der Waals surface area contributed by atoms with Crippen LogP contribution in [-0.4, -0.2) is 49.7 Å². The maximum atomic E-state index is 12.7. The smallest absolute Gasteiger partial charge is 0.310 e. The van der Waals surface area contributed by atoms with Crippen LogP contribution in [0.15, 0.2) is 11.1 Å². The highest BCUT2D eigenvalue weighted by molar-refractivity contribution is 5.76. The van der Waals surface area contributed by atoms with Crippen molar-refractivity contribution in [3.63, 3.8) is 0 Å². The van der Waals surface area contributed by atoms with Crippen molar-refractivity contribution < 1.29 is 9.53 Å². The summed E-state index contributed by atoms with van der Waals surface area (Å²) >= 11 is 0. The molecule has 1 aliphatic heterocycles. The van der Waals surface area contributed by atoms with Gasteiger partial charge in [-0.15, -0.1) is 0 Å². The molecule has 4 heteroatoms. The molecule has 30 heavy (non-hydrogen) atoms. The van der Waals surface area contributed by atoms with Gasteiger partial charge in [0.2, 0.25) is 0 Å². The van der Waals surface area contributed by atoms with Crippen LogP contribution in [-0.2, 0) is 9.53 Å². The average molecular weight is 419 g/mol. The summed E-state index contributed by atoms with van der Waals surface area (Å²) in [6, 6.07) is 0. The Morgan fingerprint density at radius 3 is 2.53 bits per heavy atom. The lowest BCUT2D eigenvalue weighted by Gasteiger charge is -2.45. The highest BCUT2D eigenvalue weighted by Gasteiger charge is 2.52. The Hall–Kier alpha value is -0.870. The Bertz CT molecular complexity index is 594. The molecule has 2 aliphatic carbocycles. The number of carbonyl (C=O) groups is 1. The van der Waals surface area contributed by atoms with Crippen molar-refractivity contribution in [3.8, 4) is 0 Å². The van der Waals surface area contributed by atoms with Gasteiger partial charge in [-0.1, -0.05) is 44.8 Å². The maximum absolute atomic E-state index is 12.7. The predicted molar refractivity (Wildman–Crippen MR) is 124 cm³/mol. The number of unbranched alkanes of at least 4 members (excludes halogenated alkanes) is 2. The largest absolute Gasteiger partial charge is 0.462 e. The number of nitrogens with one attached hydrogen (secondary N) is 1. The molecule has 0 aromatic heterocycles. The van der Waals surface area contributed by atoms with Gasteiger partial charge in [0.1, 0.15) is 6.10 Å². The summed E-state index contributed by atoms with van der Waals surface area (Å²) < 4.78 is 5.90. The SMILES string of the molecule is CCCCN(CCCC)CCCNC[C@@H]1C(=O)O[C@@H]2C[C@]3(C)CCCC(C)=C3C[C@@H]12. The minimum atomic E-state index is 0.0399. The second kappa shape index (κ2) is 11.1. The fourth-order valence-corrected chi connectivity index (χ4v) is 6.13. The molecule has 4 atom stereocenters. The summed E-state index contributed by atoms with van der Waals surface area (Å²) in [5, 5.41) is 3.61. The minimum Gasteiger partial charge on any atom is -0.462 e. The van der Waals surface area contributed by atoms with Crippen LogP contribution in [0.3, 0.4) is 0 Å². The molecule has 3 aliphatic rings. The molecule has 172 valence electrons. The molecular weight excluding hydrogens is 372 g/mol. The molecule has 0 radical (unpaired) electrons.